The first-order valence-electron chi connectivity index (χ1n) is 12.3. The summed E-state index contributed by atoms with van der Waals surface area (Å²) in [6, 6.07) is 6.03. The van der Waals surface area contributed by atoms with Crippen LogP contribution in [0.2, 0.25) is 0 Å². The first-order chi connectivity index (χ1) is 16.6. The maximum absolute atomic E-state index is 13.1. The number of piperidine rings is 1. The third-order valence-corrected chi connectivity index (χ3v) is 9.82. The van der Waals surface area contributed by atoms with Crippen LogP contribution in [0.5, 0.6) is 0 Å². The predicted molar refractivity (Wildman–Crippen MR) is 138 cm³/mol. The van der Waals surface area contributed by atoms with Gasteiger partial charge in [-0.25, -0.2) is 13.2 Å². The van der Waals surface area contributed by atoms with Crippen LogP contribution in [0.15, 0.2) is 29.2 Å². The van der Waals surface area contributed by atoms with E-state index in [9.17, 15) is 18.0 Å². The molecule has 9 heteroatoms. The molecule has 1 aliphatic carbocycles. The number of amides is 1. The fourth-order valence-electron chi connectivity index (χ4n) is 5.16. The van der Waals surface area contributed by atoms with Gasteiger partial charge in [-0.15, -0.1) is 11.3 Å². The number of carbonyl (C=O) groups is 2. The number of fused-ring (bicyclic) bond motifs is 1. The van der Waals surface area contributed by atoms with Crippen LogP contribution < -0.4 is 5.32 Å². The molecule has 1 aromatic heterocycles. The lowest BCUT2D eigenvalue weighted by Gasteiger charge is -2.34. The van der Waals surface area contributed by atoms with Crippen LogP contribution in [-0.4, -0.2) is 44.3 Å². The number of nitrogens with one attached hydrogen (secondary N) is 1. The van der Waals surface area contributed by atoms with E-state index in [4.69, 9.17) is 4.74 Å². The van der Waals surface area contributed by atoms with Gasteiger partial charge in [0.15, 0.2) is 0 Å². The Morgan fingerprint density at radius 2 is 1.74 bits per heavy atom. The molecule has 1 fully saturated rings. The SMILES string of the molecule is CCOC(=O)c1c(NC(=O)c2ccc(S(=O)(=O)N3C[C@H](C)C[C@H](C)C3)cc2)sc2c1CC[C@H](C)C2. The summed E-state index contributed by atoms with van der Waals surface area (Å²) in [5, 5.41) is 3.39. The van der Waals surface area contributed by atoms with Crippen molar-refractivity contribution in [1.82, 2.24) is 4.31 Å². The lowest BCUT2D eigenvalue weighted by atomic mass is 9.88. The molecule has 190 valence electrons. The maximum atomic E-state index is 13.1. The fourth-order valence-corrected chi connectivity index (χ4v) is 8.24. The van der Waals surface area contributed by atoms with Gasteiger partial charge in [-0.05, 0) is 80.2 Å². The number of sulfonamides is 1. The Morgan fingerprint density at radius 3 is 2.37 bits per heavy atom. The van der Waals surface area contributed by atoms with Crippen LogP contribution >= 0.6 is 11.3 Å². The van der Waals surface area contributed by atoms with Crippen molar-refractivity contribution in [2.24, 2.45) is 17.8 Å². The summed E-state index contributed by atoms with van der Waals surface area (Å²) >= 11 is 1.43. The van der Waals surface area contributed by atoms with Gasteiger partial charge in [0.2, 0.25) is 10.0 Å². The standard InChI is InChI=1S/C26H34N2O5S2/c1-5-33-26(30)23-21-11-6-16(2)13-22(21)34-25(23)27-24(29)19-7-9-20(10-8-19)35(31,32)28-14-17(3)12-18(4)15-28/h7-10,16-18H,5-6,11-15H2,1-4H3,(H,27,29)/t16-,17-,18+/m0/s1. The molecule has 35 heavy (non-hydrogen) atoms. The van der Waals surface area contributed by atoms with Crippen molar-refractivity contribution in [2.75, 3.05) is 25.0 Å². The van der Waals surface area contributed by atoms with Crippen LogP contribution in [0.3, 0.4) is 0 Å². The molecule has 1 amide bonds. The van der Waals surface area contributed by atoms with Crippen molar-refractivity contribution in [2.45, 2.75) is 58.3 Å². The lowest BCUT2D eigenvalue weighted by molar-refractivity contribution is 0.0526. The number of esters is 1. The summed E-state index contributed by atoms with van der Waals surface area (Å²) in [5.41, 5.74) is 1.77. The van der Waals surface area contributed by atoms with Gasteiger partial charge >= 0.3 is 5.97 Å². The van der Waals surface area contributed by atoms with Crippen molar-refractivity contribution >= 4 is 38.2 Å². The Morgan fingerprint density at radius 1 is 1.09 bits per heavy atom. The van der Waals surface area contributed by atoms with Crippen LogP contribution in [-0.2, 0) is 27.6 Å². The van der Waals surface area contributed by atoms with Crippen LogP contribution in [0.1, 0.15) is 71.7 Å². The zero-order valence-electron chi connectivity index (χ0n) is 20.8. The first kappa shape index (κ1) is 25.9. The monoisotopic (exact) mass is 518 g/mol. The van der Waals surface area contributed by atoms with Gasteiger partial charge in [0, 0.05) is 23.5 Å². The van der Waals surface area contributed by atoms with Gasteiger partial charge in [-0.3, -0.25) is 4.79 Å². The number of carbonyl (C=O) groups excluding carboxylic acids is 2. The summed E-state index contributed by atoms with van der Waals surface area (Å²) in [7, 11) is -3.62. The third-order valence-electron chi connectivity index (χ3n) is 6.81. The van der Waals surface area contributed by atoms with E-state index in [1.54, 1.807) is 11.2 Å². The Hall–Kier alpha value is -2.23. The second-order valence-electron chi connectivity index (χ2n) is 10.0. The number of hydrogen-bond donors (Lipinski definition) is 1. The van der Waals surface area contributed by atoms with Crippen molar-refractivity contribution in [3.05, 3.63) is 45.8 Å². The molecule has 0 radical (unpaired) electrons. The molecular weight excluding hydrogens is 484 g/mol. The summed E-state index contributed by atoms with van der Waals surface area (Å²) in [4.78, 5) is 27.1. The minimum atomic E-state index is -3.62. The van der Waals surface area contributed by atoms with E-state index in [1.165, 1.54) is 35.6 Å². The molecule has 1 aliphatic heterocycles. The highest BCUT2D eigenvalue weighted by Crippen LogP contribution is 2.40. The van der Waals surface area contributed by atoms with Crippen LogP contribution in [0.25, 0.3) is 0 Å². The number of thiophene rings is 1. The second-order valence-corrected chi connectivity index (χ2v) is 13.1. The molecule has 7 nitrogen and oxygen atoms in total. The molecule has 1 N–H and O–H groups in total. The smallest absolute Gasteiger partial charge is 0.341 e. The number of benzene rings is 1. The molecule has 1 aromatic carbocycles. The van der Waals surface area contributed by atoms with Crippen LogP contribution in [0, 0.1) is 17.8 Å². The molecule has 2 aliphatic rings. The molecule has 2 heterocycles. The first-order valence-corrected chi connectivity index (χ1v) is 14.6. The van der Waals surface area contributed by atoms with E-state index in [1.807, 2.05) is 0 Å². The molecule has 2 aromatic rings. The van der Waals surface area contributed by atoms with Gasteiger partial charge in [0.25, 0.3) is 5.91 Å². The van der Waals surface area contributed by atoms with Crippen molar-refractivity contribution < 1.29 is 22.7 Å². The van der Waals surface area contributed by atoms with E-state index < -0.39 is 16.0 Å². The minimum Gasteiger partial charge on any atom is -0.462 e. The Balaban J connectivity index is 1.55. The summed E-state index contributed by atoms with van der Waals surface area (Å²) in [6.45, 7) is 9.36. The zero-order chi connectivity index (χ0) is 25.3. The summed E-state index contributed by atoms with van der Waals surface area (Å²) in [6.07, 6.45) is 3.68. The Labute approximate surface area is 211 Å². The highest BCUT2D eigenvalue weighted by atomic mass is 32.2. The molecule has 3 atom stereocenters. The molecule has 0 bridgehead atoms. The second kappa shape index (κ2) is 10.4. The van der Waals surface area contributed by atoms with Crippen molar-refractivity contribution in [1.29, 1.82) is 0 Å². The predicted octanol–water partition coefficient (Wildman–Crippen LogP) is 4.97. The van der Waals surface area contributed by atoms with E-state index in [-0.39, 0.29) is 17.4 Å². The highest BCUT2D eigenvalue weighted by molar-refractivity contribution is 7.89. The number of hydrogen-bond acceptors (Lipinski definition) is 6. The van der Waals surface area contributed by atoms with Gasteiger partial charge in [-0.2, -0.15) is 4.31 Å². The Bertz CT molecular complexity index is 1190. The van der Waals surface area contributed by atoms with Gasteiger partial charge in [0.05, 0.1) is 17.1 Å². The Kier molecular flexibility index (Phi) is 7.68. The van der Waals surface area contributed by atoms with E-state index >= 15 is 0 Å². The molecule has 0 unspecified atom stereocenters. The van der Waals surface area contributed by atoms with E-state index in [0.29, 0.717) is 47.0 Å². The maximum Gasteiger partial charge on any atom is 0.341 e. The molecule has 0 spiro atoms. The van der Waals surface area contributed by atoms with E-state index in [2.05, 4.69) is 26.1 Å². The number of rotatable bonds is 6. The zero-order valence-corrected chi connectivity index (χ0v) is 22.4. The summed E-state index contributed by atoms with van der Waals surface area (Å²) in [5.74, 6) is 0.353. The van der Waals surface area contributed by atoms with Crippen LogP contribution in [0.4, 0.5) is 5.00 Å². The van der Waals surface area contributed by atoms with Crippen molar-refractivity contribution in [3.63, 3.8) is 0 Å². The lowest BCUT2D eigenvalue weighted by Crippen LogP contribution is -2.42. The average molecular weight is 519 g/mol. The van der Waals surface area contributed by atoms with Gasteiger partial charge in [-0.1, -0.05) is 20.8 Å². The number of ether oxygens (including phenoxy) is 1. The highest BCUT2D eigenvalue weighted by Gasteiger charge is 2.32. The normalized spacial score (nSPS) is 22.9. The quantitative estimate of drug-likeness (QED) is 0.545. The third kappa shape index (κ3) is 5.47. The van der Waals surface area contributed by atoms with Gasteiger partial charge < -0.3 is 10.1 Å². The average Bonchev–Trinajstić information content (AvgIpc) is 3.15. The molecular formula is C26H34N2O5S2. The largest absolute Gasteiger partial charge is 0.462 e. The minimum absolute atomic E-state index is 0.183. The topological polar surface area (TPSA) is 92.8 Å². The van der Waals surface area contributed by atoms with Crippen molar-refractivity contribution in [3.8, 4) is 0 Å². The summed E-state index contributed by atoms with van der Waals surface area (Å²) < 4.78 is 33.1. The number of anilines is 1. The molecule has 4 rings (SSSR count). The fraction of sp³-hybridized carbons (Fsp3) is 0.538. The molecule has 0 saturated carbocycles. The number of nitrogens with zero attached hydrogens (tertiary/aromatic N) is 1. The molecule has 1 saturated heterocycles. The van der Waals surface area contributed by atoms with Gasteiger partial charge in [0.1, 0.15) is 5.00 Å². The van der Waals surface area contributed by atoms with E-state index in [0.717, 1.165) is 36.1 Å².